The molecule has 1 aromatic heterocycles. The summed E-state index contributed by atoms with van der Waals surface area (Å²) in [4.78, 5) is 4.39. The standard InChI is InChI=1S/C10H6Cl2FNO2S/c11-6-3-5(13)1-2-7(6)16-10-14-9(12)8(4-15)17-10/h1-3,15H,4H2. The normalized spacial score (nSPS) is 10.6. The molecule has 0 aliphatic heterocycles. The van der Waals surface area contributed by atoms with Crippen LogP contribution in [-0.2, 0) is 6.61 Å². The Balaban J connectivity index is 2.25. The first-order valence-electron chi connectivity index (χ1n) is 4.49. The van der Waals surface area contributed by atoms with E-state index in [2.05, 4.69) is 4.98 Å². The van der Waals surface area contributed by atoms with Crippen molar-refractivity contribution in [2.24, 2.45) is 0 Å². The lowest BCUT2D eigenvalue weighted by Crippen LogP contribution is -1.85. The molecule has 0 bridgehead atoms. The third kappa shape index (κ3) is 2.87. The number of hydrogen-bond acceptors (Lipinski definition) is 4. The fraction of sp³-hybridized carbons (Fsp3) is 0.100. The second-order valence-electron chi connectivity index (χ2n) is 3.03. The number of thiazole rings is 1. The number of nitrogens with zero attached hydrogens (tertiary/aromatic N) is 1. The van der Waals surface area contributed by atoms with Crippen molar-refractivity contribution in [2.45, 2.75) is 6.61 Å². The molecule has 90 valence electrons. The predicted octanol–water partition coefficient (Wildman–Crippen LogP) is 3.87. The van der Waals surface area contributed by atoms with Gasteiger partial charge in [-0.3, -0.25) is 0 Å². The highest BCUT2D eigenvalue weighted by Gasteiger charge is 2.12. The number of aromatic nitrogens is 1. The van der Waals surface area contributed by atoms with Crippen LogP contribution in [0.4, 0.5) is 4.39 Å². The van der Waals surface area contributed by atoms with Crippen molar-refractivity contribution in [1.82, 2.24) is 4.98 Å². The molecule has 17 heavy (non-hydrogen) atoms. The van der Waals surface area contributed by atoms with Gasteiger partial charge in [0.05, 0.1) is 16.5 Å². The van der Waals surface area contributed by atoms with Gasteiger partial charge in [0, 0.05) is 0 Å². The highest BCUT2D eigenvalue weighted by molar-refractivity contribution is 7.13. The van der Waals surface area contributed by atoms with Gasteiger partial charge in [-0.05, 0) is 18.2 Å². The van der Waals surface area contributed by atoms with Crippen LogP contribution >= 0.6 is 34.5 Å². The highest BCUT2D eigenvalue weighted by atomic mass is 35.5. The molecule has 2 rings (SSSR count). The molecule has 0 amide bonds. The lowest BCUT2D eigenvalue weighted by atomic mass is 10.3. The van der Waals surface area contributed by atoms with Crippen molar-refractivity contribution in [3.05, 3.63) is 39.1 Å². The van der Waals surface area contributed by atoms with Crippen LogP contribution in [0.15, 0.2) is 18.2 Å². The topological polar surface area (TPSA) is 42.4 Å². The summed E-state index contributed by atoms with van der Waals surface area (Å²) in [5.74, 6) is -0.168. The fourth-order valence-corrected chi connectivity index (χ4v) is 2.29. The van der Waals surface area contributed by atoms with E-state index in [1.165, 1.54) is 12.1 Å². The molecule has 0 atom stereocenters. The number of halogens is 3. The molecule has 0 aliphatic carbocycles. The molecule has 0 saturated heterocycles. The van der Waals surface area contributed by atoms with Crippen LogP contribution in [0.5, 0.6) is 10.9 Å². The third-order valence-electron chi connectivity index (χ3n) is 1.86. The fourth-order valence-electron chi connectivity index (χ4n) is 1.11. The predicted molar refractivity (Wildman–Crippen MR) is 64.5 cm³/mol. The molecular weight excluding hydrogens is 288 g/mol. The largest absolute Gasteiger partial charge is 0.429 e. The van der Waals surface area contributed by atoms with Crippen molar-refractivity contribution < 1.29 is 14.2 Å². The highest BCUT2D eigenvalue weighted by Crippen LogP contribution is 2.35. The first-order chi connectivity index (χ1) is 8.10. The van der Waals surface area contributed by atoms with E-state index in [9.17, 15) is 4.39 Å². The monoisotopic (exact) mass is 293 g/mol. The number of ether oxygens (including phenoxy) is 1. The van der Waals surface area contributed by atoms with E-state index in [4.69, 9.17) is 33.0 Å². The first kappa shape index (κ1) is 12.6. The molecule has 0 aliphatic rings. The Hall–Kier alpha value is -0.880. The number of benzene rings is 1. The number of aliphatic hydroxyl groups excluding tert-OH is 1. The second kappa shape index (κ2) is 5.18. The quantitative estimate of drug-likeness (QED) is 0.934. The van der Waals surface area contributed by atoms with Crippen LogP contribution in [0.3, 0.4) is 0 Å². The van der Waals surface area contributed by atoms with Gasteiger partial charge in [-0.25, -0.2) is 4.39 Å². The van der Waals surface area contributed by atoms with Gasteiger partial charge in [-0.1, -0.05) is 34.5 Å². The lowest BCUT2D eigenvalue weighted by Gasteiger charge is -2.03. The van der Waals surface area contributed by atoms with E-state index in [1.807, 2.05) is 0 Å². The summed E-state index contributed by atoms with van der Waals surface area (Å²) in [6.07, 6.45) is 0. The Morgan fingerprint density at radius 2 is 2.18 bits per heavy atom. The third-order valence-corrected chi connectivity index (χ3v) is 3.50. The minimum absolute atomic E-state index is 0.141. The van der Waals surface area contributed by atoms with Crippen LogP contribution in [-0.4, -0.2) is 10.1 Å². The molecule has 0 radical (unpaired) electrons. The zero-order chi connectivity index (χ0) is 12.4. The van der Waals surface area contributed by atoms with Crippen molar-refractivity contribution in [1.29, 1.82) is 0 Å². The van der Waals surface area contributed by atoms with Crippen molar-refractivity contribution >= 4 is 34.5 Å². The zero-order valence-electron chi connectivity index (χ0n) is 8.28. The maximum atomic E-state index is 12.8. The van der Waals surface area contributed by atoms with Crippen molar-refractivity contribution in [2.75, 3.05) is 0 Å². The summed E-state index contributed by atoms with van der Waals surface area (Å²) in [5.41, 5.74) is 0. The summed E-state index contributed by atoms with van der Waals surface area (Å²) in [7, 11) is 0. The van der Waals surface area contributed by atoms with Gasteiger partial charge in [-0.15, -0.1) is 0 Å². The van der Waals surface area contributed by atoms with E-state index < -0.39 is 5.82 Å². The van der Waals surface area contributed by atoms with Crippen LogP contribution in [0.25, 0.3) is 0 Å². The van der Waals surface area contributed by atoms with Gasteiger partial charge in [0.15, 0.2) is 0 Å². The number of hydrogen-bond donors (Lipinski definition) is 1. The Morgan fingerprint density at radius 3 is 2.76 bits per heavy atom. The second-order valence-corrected chi connectivity index (χ2v) is 4.84. The zero-order valence-corrected chi connectivity index (χ0v) is 10.6. The average Bonchev–Trinajstić information content (AvgIpc) is 2.63. The van der Waals surface area contributed by atoms with Crippen molar-refractivity contribution in [3.63, 3.8) is 0 Å². The summed E-state index contributed by atoms with van der Waals surface area (Å²) >= 11 is 12.6. The minimum atomic E-state index is -0.449. The Bertz CT molecular complexity index is 547. The summed E-state index contributed by atoms with van der Waals surface area (Å²) in [5, 5.41) is 9.51. The molecule has 1 N–H and O–H groups in total. The van der Waals surface area contributed by atoms with E-state index in [0.717, 1.165) is 17.4 Å². The van der Waals surface area contributed by atoms with E-state index in [0.29, 0.717) is 4.88 Å². The lowest BCUT2D eigenvalue weighted by molar-refractivity contribution is 0.285. The Labute approximate surface area is 110 Å². The maximum Gasteiger partial charge on any atom is 0.280 e. The van der Waals surface area contributed by atoms with E-state index in [-0.39, 0.29) is 27.7 Å². The van der Waals surface area contributed by atoms with Crippen LogP contribution < -0.4 is 4.74 Å². The summed E-state index contributed by atoms with van der Waals surface area (Å²) < 4.78 is 18.1. The van der Waals surface area contributed by atoms with Crippen molar-refractivity contribution in [3.8, 4) is 10.9 Å². The number of aliphatic hydroxyl groups is 1. The summed E-state index contributed by atoms with van der Waals surface area (Å²) in [6.45, 7) is -0.211. The van der Waals surface area contributed by atoms with Crippen LogP contribution in [0.1, 0.15) is 4.88 Å². The van der Waals surface area contributed by atoms with Gasteiger partial charge in [0.1, 0.15) is 16.7 Å². The molecule has 1 heterocycles. The molecule has 1 aromatic carbocycles. The molecule has 3 nitrogen and oxygen atoms in total. The Kier molecular flexibility index (Phi) is 3.83. The van der Waals surface area contributed by atoms with Gasteiger partial charge in [-0.2, -0.15) is 4.98 Å². The average molecular weight is 294 g/mol. The molecular formula is C10H6Cl2FNO2S. The Morgan fingerprint density at radius 1 is 1.41 bits per heavy atom. The van der Waals surface area contributed by atoms with Gasteiger partial charge in [0.25, 0.3) is 5.19 Å². The van der Waals surface area contributed by atoms with Gasteiger partial charge >= 0.3 is 0 Å². The molecule has 2 aromatic rings. The van der Waals surface area contributed by atoms with Gasteiger partial charge in [0.2, 0.25) is 0 Å². The van der Waals surface area contributed by atoms with E-state index in [1.54, 1.807) is 0 Å². The minimum Gasteiger partial charge on any atom is -0.429 e. The molecule has 0 unspecified atom stereocenters. The smallest absolute Gasteiger partial charge is 0.280 e. The maximum absolute atomic E-state index is 12.8. The van der Waals surface area contributed by atoms with E-state index >= 15 is 0 Å². The molecule has 0 fully saturated rings. The van der Waals surface area contributed by atoms with Crippen LogP contribution in [0.2, 0.25) is 10.2 Å². The molecule has 0 spiro atoms. The summed E-state index contributed by atoms with van der Waals surface area (Å²) in [6, 6.07) is 3.76. The molecule has 0 saturated carbocycles. The number of rotatable bonds is 3. The molecule has 7 heteroatoms. The first-order valence-corrected chi connectivity index (χ1v) is 6.06. The SMILES string of the molecule is OCc1sc(Oc2ccc(F)cc2Cl)nc1Cl. The van der Waals surface area contributed by atoms with Gasteiger partial charge < -0.3 is 9.84 Å². The van der Waals surface area contributed by atoms with Crippen LogP contribution in [0, 0.1) is 5.82 Å².